The van der Waals surface area contributed by atoms with Crippen LogP contribution in [0.15, 0.2) is 96.6 Å². The second kappa shape index (κ2) is 7.70. The van der Waals surface area contributed by atoms with Crippen molar-refractivity contribution >= 4 is 28.6 Å². The zero-order chi connectivity index (χ0) is 22.7. The highest BCUT2D eigenvalue weighted by Crippen LogP contribution is 2.52. The lowest BCUT2D eigenvalue weighted by Gasteiger charge is -2.22. The summed E-state index contributed by atoms with van der Waals surface area (Å²) in [6.07, 6.45) is 2.84. The molecule has 0 saturated carbocycles. The van der Waals surface area contributed by atoms with E-state index in [0.717, 1.165) is 31.6 Å². The summed E-state index contributed by atoms with van der Waals surface area (Å²) in [7, 11) is 0. The molecule has 0 fully saturated rings. The quantitative estimate of drug-likeness (QED) is 0.413. The van der Waals surface area contributed by atoms with Crippen LogP contribution in [0.4, 0.5) is 13.2 Å². The van der Waals surface area contributed by atoms with Gasteiger partial charge in [0.25, 0.3) is 0 Å². The van der Waals surface area contributed by atoms with Crippen molar-refractivity contribution in [1.29, 1.82) is 0 Å². The van der Waals surface area contributed by atoms with Crippen LogP contribution in [0.3, 0.4) is 0 Å². The summed E-state index contributed by atoms with van der Waals surface area (Å²) in [6.45, 7) is 6.77. The Balaban J connectivity index is 1.59. The first kappa shape index (κ1) is 21.7. The third-order valence-corrected chi connectivity index (χ3v) is 8.18. The molecule has 32 heavy (non-hydrogen) atoms. The maximum absolute atomic E-state index is 13.8. The predicted octanol–water partition coefficient (Wildman–Crippen LogP) is 8.01. The van der Waals surface area contributed by atoms with Crippen molar-refractivity contribution in [3.8, 4) is 0 Å². The van der Waals surface area contributed by atoms with E-state index < -0.39 is 11.7 Å². The van der Waals surface area contributed by atoms with Crippen LogP contribution in [-0.2, 0) is 5.41 Å². The van der Waals surface area contributed by atoms with E-state index in [0.29, 0.717) is 17.6 Å². The van der Waals surface area contributed by atoms with E-state index in [9.17, 15) is 13.2 Å². The molecule has 0 bridgehead atoms. The van der Waals surface area contributed by atoms with Crippen molar-refractivity contribution in [3.05, 3.63) is 103 Å². The Hall–Kier alpha value is -2.18. The molecule has 6 heteroatoms. The highest BCUT2D eigenvalue weighted by atomic mass is 32.2. The van der Waals surface area contributed by atoms with E-state index >= 15 is 0 Å². The number of rotatable bonds is 1. The molecule has 0 atom stereocenters. The third kappa shape index (κ3) is 3.88. The fourth-order valence-corrected chi connectivity index (χ4v) is 6.20. The average molecular weight is 470 g/mol. The number of nitrogens with zero attached hydrogens (tertiary/aromatic N) is 1. The Morgan fingerprint density at radius 2 is 1.69 bits per heavy atom. The zero-order valence-corrected chi connectivity index (χ0v) is 19.6. The fraction of sp³-hybridized carbons (Fsp3) is 0.269. The first-order valence-electron chi connectivity index (χ1n) is 10.4. The van der Waals surface area contributed by atoms with Crippen molar-refractivity contribution in [2.75, 3.05) is 6.54 Å². The molecule has 0 saturated heterocycles. The smallest absolute Gasteiger partial charge is 0.273 e. The summed E-state index contributed by atoms with van der Waals surface area (Å²) >= 11 is 3.00. The van der Waals surface area contributed by atoms with Crippen LogP contribution in [0, 0.1) is 0 Å². The molecule has 0 radical (unpaired) electrons. The normalized spacial score (nSPS) is 20.7. The van der Waals surface area contributed by atoms with Crippen LogP contribution in [0.1, 0.15) is 38.3 Å². The van der Waals surface area contributed by atoms with Gasteiger partial charge in [0.1, 0.15) is 5.04 Å². The van der Waals surface area contributed by atoms with Gasteiger partial charge in [-0.2, -0.15) is 13.2 Å². The lowest BCUT2D eigenvalue weighted by molar-refractivity contribution is -0.0882. The van der Waals surface area contributed by atoms with Crippen LogP contribution in [0.2, 0.25) is 0 Å². The molecular formula is C26H22F3NS2. The number of hydrogen-bond donors (Lipinski definition) is 0. The fourth-order valence-electron chi connectivity index (χ4n) is 4.17. The molecule has 2 aliphatic carbocycles. The van der Waals surface area contributed by atoms with Gasteiger partial charge in [0.05, 0.1) is 12.1 Å². The Kier molecular flexibility index (Phi) is 5.21. The van der Waals surface area contributed by atoms with Crippen LogP contribution in [-0.4, -0.2) is 17.8 Å². The first-order chi connectivity index (χ1) is 15.1. The van der Waals surface area contributed by atoms with E-state index in [1.165, 1.54) is 41.2 Å². The van der Waals surface area contributed by atoms with E-state index in [2.05, 4.69) is 50.0 Å². The van der Waals surface area contributed by atoms with Gasteiger partial charge < -0.3 is 0 Å². The maximum Gasteiger partial charge on any atom is 0.416 e. The Morgan fingerprint density at radius 1 is 0.938 bits per heavy atom. The number of hydrogen-bond acceptors (Lipinski definition) is 3. The molecule has 0 N–H and O–H groups in total. The summed E-state index contributed by atoms with van der Waals surface area (Å²) in [6, 6.07) is 8.36. The summed E-state index contributed by atoms with van der Waals surface area (Å²) in [5.74, 6) is 0. The molecule has 2 heterocycles. The second-order valence-corrected chi connectivity index (χ2v) is 11.1. The average Bonchev–Trinajstić information content (AvgIpc) is 3.02. The number of alkyl halides is 3. The lowest BCUT2D eigenvalue weighted by Crippen LogP contribution is -2.13. The number of fused-ring (bicyclic) bond motifs is 3. The Bertz CT molecular complexity index is 1210. The number of benzene rings is 1. The summed E-state index contributed by atoms with van der Waals surface area (Å²) < 4.78 is 41.4. The first-order valence-corrected chi connectivity index (χ1v) is 12.1. The van der Waals surface area contributed by atoms with Crippen molar-refractivity contribution < 1.29 is 13.2 Å². The highest BCUT2D eigenvalue weighted by Gasteiger charge is 2.38. The largest absolute Gasteiger partial charge is 0.416 e. The lowest BCUT2D eigenvalue weighted by atomic mass is 9.87. The summed E-state index contributed by atoms with van der Waals surface area (Å²) in [4.78, 5) is 6.53. The molecule has 1 aromatic rings. The number of aliphatic imine (C=N–C) groups is 1. The summed E-state index contributed by atoms with van der Waals surface area (Å²) in [5.41, 5.74) is 5.12. The van der Waals surface area contributed by atoms with Crippen LogP contribution in [0.5, 0.6) is 0 Å². The van der Waals surface area contributed by atoms with Gasteiger partial charge in [-0.05, 0) is 50.8 Å². The Morgan fingerprint density at radius 3 is 2.38 bits per heavy atom. The molecule has 0 spiro atoms. The molecule has 1 aromatic carbocycles. The SMILES string of the molecule is CC(C)(C)c1ccc(C2=NCC3=CC(C(F)(F)F)=CC4=C5SC=CC=C5CC4=C3S2)cc1. The molecule has 0 unspecified atom stereocenters. The van der Waals surface area contributed by atoms with Gasteiger partial charge in [-0.15, -0.1) is 0 Å². The second-order valence-electron chi connectivity index (χ2n) is 9.18. The van der Waals surface area contributed by atoms with E-state index in [1.807, 2.05) is 17.6 Å². The van der Waals surface area contributed by atoms with Crippen LogP contribution >= 0.6 is 23.5 Å². The van der Waals surface area contributed by atoms with Gasteiger partial charge in [-0.25, -0.2) is 0 Å². The van der Waals surface area contributed by atoms with Gasteiger partial charge in [0.15, 0.2) is 0 Å². The number of allylic oxidation sites excluding steroid dienone is 8. The molecule has 5 rings (SSSR count). The van der Waals surface area contributed by atoms with E-state index in [-0.39, 0.29) is 12.0 Å². The van der Waals surface area contributed by atoms with Gasteiger partial charge in [-0.3, -0.25) is 4.99 Å². The zero-order valence-electron chi connectivity index (χ0n) is 18.0. The van der Waals surface area contributed by atoms with Gasteiger partial charge in [0, 0.05) is 21.8 Å². The molecule has 4 aliphatic rings. The van der Waals surface area contributed by atoms with Crippen LogP contribution in [0.25, 0.3) is 0 Å². The van der Waals surface area contributed by atoms with Gasteiger partial charge >= 0.3 is 6.18 Å². The molecule has 0 amide bonds. The minimum Gasteiger partial charge on any atom is -0.273 e. The molecule has 0 aromatic heterocycles. The number of halogens is 3. The van der Waals surface area contributed by atoms with E-state index in [1.54, 1.807) is 0 Å². The van der Waals surface area contributed by atoms with Crippen molar-refractivity contribution in [2.24, 2.45) is 4.99 Å². The molecular weight excluding hydrogens is 447 g/mol. The van der Waals surface area contributed by atoms with Gasteiger partial charge in [0.2, 0.25) is 0 Å². The minimum absolute atomic E-state index is 0.0577. The third-order valence-electron chi connectivity index (χ3n) is 5.90. The standard InChI is InChI=1S/C26H22F3NS2/c1-25(2,3)18-8-6-15(7-9-18)24-30-14-17-11-19(26(27,28)29)13-21-20(23(17)32-24)12-16-5-4-10-31-22(16)21/h4-11,13H,12,14H2,1-3H3. The maximum atomic E-state index is 13.8. The van der Waals surface area contributed by atoms with Crippen molar-refractivity contribution in [3.63, 3.8) is 0 Å². The minimum atomic E-state index is -4.40. The summed E-state index contributed by atoms with van der Waals surface area (Å²) in [5, 5.41) is 2.79. The highest BCUT2D eigenvalue weighted by molar-refractivity contribution is 8.18. The van der Waals surface area contributed by atoms with Crippen molar-refractivity contribution in [1.82, 2.24) is 0 Å². The number of thioether (sulfide) groups is 2. The Labute approximate surface area is 194 Å². The monoisotopic (exact) mass is 469 g/mol. The topological polar surface area (TPSA) is 12.4 Å². The molecule has 164 valence electrons. The predicted molar refractivity (Wildman–Crippen MR) is 130 cm³/mol. The van der Waals surface area contributed by atoms with E-state index in [4.69, 9.17) is 0 Å². The van der Waals surface area contributed by atoms with Crippen molar-refractivity contribution in [2.45, 2.75) is 38.8 Å². The molecule has 2 aliphatic heterocycles. The molecule has 1 nitrogen and oxygen atoms in total. The van der Waals surface area contributed by atoms with Crippen LogP contribution < -0.4 is 0 Å². The van der Waals surface area contributed by atoms with Gasteiger partial charge in [-0.1, -0.05) is 80.7 Å².